The van der Waals surface area contributed by atoms with E-state index in [1.54, 1.807) is 0 Å². The second-order valence-corrected chi connectivity index (χ2v) is 6.22. The van der Waals surface area contributed by atoms with Crippen molar-refractivity contribution < 1.29 is 19.4 Å². The van der Waals surface area contributed by atoms with Crippen LogP contribution in [-0.2, 0) is 9.53 Å². The molecule has 0 bridgehead atoms. The van der Waals surface area contributed by atoms with Gasteiger partial charge in [-0.15, -0.1) is 0 Å². The van der Waals surface area contributed by atoms with Crippen molar-refractivity contribution in [1.29, 1.82) is 0 Å². The Bertz CT molecular complexity index is 422. The summed E-state index contributed by atoms with van der Waals surface area (Å²) in [6.07, 6.45) is 2.66. The first-order valence-corrected chi connectivity index (χ1v) is 7.70. The Hall–Kier alpha value is -1.34. The molecule has 0 aromatic heterocycles. The number of carbonyl (C=O) groups is 2. The van der Waals surface area contributed by atoms with Gasteiger partial charge in [-0.1, -0.05) is 0 Å². The van der Waals surface area contributed by atoms with Gasteiger partial charge in [-0.25, -0.2) is 4.79 Å². The largest absolute Gasteiger partial charge is 0.392 e. The van der Waals surface area contributed by atoms with Crippen molar-refractivity contribution in [1.82, 2.24) is 15.5 Å². The highest BCUT2D eigenvalue weighted by atomic mass is 16.5. The lowest BCUT2D eigenvalue weighted by molar-refractivity contribution is -0.156. The van der Waals surface area contributed by atoms with Gasteiger partial charge >= 0.3 is 6.03 Å². The van der Waals surface area contributed by atoms with Crippen LogP contribution in [0.5, 0.6) is 0 Å². The van der Waals surface area contributed by atoms with E-state index in [-0.39, 0.29) is 36.0 Å². The molecule has 1 spiro atoms. The highest BCUT2D eigenvalue weighted by Gasteiger charge is 2.55. The van der Waals surface area contributed by atoms with Crippen LogP contribution in [-0.4, -0.2) is 66.9 Å². The summed E-state index contributed by atoms with van der Waals surface area (Å²) in [6.45, 7) is 2.65. The van der Waals surface area contributed by atoms with Gasteiger partial charge in [-0.2, -0.15) is 0 Å². The number of nitrogens with one attached hydrogen (secondary N) is 2. The number of aliphatic hydroxyl groups excluding tert-OH is 1. The van der Waals surface area contributed by atoms with E-state index < -0.39 is 0 Å². The molecule has 0 unspecified atom stereocenters. The third-order valence-electron chi connectivity index (χ3n) is 5.08. The summed E-state index contributed by atoms with van der Waals surface area (Å²) in [7, 11) is 0. The third kappa shape index (κ3) is 2.72. The SMILES string of the molecule is O=C(CN1CCCNC1=O)N[C@@H]1C[C@@H](O)C12CCOCC2. The van der Waals surface area contributed by atoms with Gasteiger partial charge in [-0.3, -0.25) is 4.79 Å². The average Bonchev–Trinajstić information content (AvgIpc) is 2.50. The average molecular weight is 297 g/mol. The van der Waals surface area contributed by atoms with Gasteiger partial charge in [0.1, 0.15) is 6.54 Å². The van der Waals surface area contributed by atoms with Crippen molar-refractivity contribution in [3.63, 3.8) is 0 Å². The lowest BCUT2D eigenvalue weighted by Crippen LogP contribution is -2.66. The second-order valence-electron chi connectivity index (χ2n) is 6.22. The van der Waals surface area contributed by atoms with Crippen LogP contribution in [0.25, 0.3) is 0 Å². The number of carbonyl (C=O) groups excluding carboxylic acids is 2. The van der Waals surface area contributed by atoms with Gasteiger partial charge in [0.25, 0.3) is 0 Å². The molecule has 118 valence electrons. The fourth-order valence-electron chi connectivity index (χ4n) is 3.64. The summed E-state index contributed by atoms with van der Waals surface area (Å²) in [6, 6.07) is -0.178. The fraction of sp³-hybridized carbons (Fsp3) is 0.857. The number of hydrogen-bond acceptors (Lipinski definition) is 4. The van der Waals surface area contributed by atoms with Crippen LogP contribution in [0.2, 0.25) is 0 Å². The number of amides is 3. The van der Waals surface area contributed by atoms with Gasteiger partial charge in [-0.05, 0) is 25.7 Å². The molecule has 2 saturated heterocycles. The third-order valence-corrected chi connectivity index (χ3v) is 5.08. The highest BCUT2D eigenvalue weighted by molar-refractivity contribution is 5.84. The zero-order valence-corrected chi connectivity index (χ0v) is 12.1. The van der Waals surface area contributed by atoms with Crippen molar-refractivity contribution in [3.8, 4) is 0 Å². The maximum atomic E-state index is 12.1. The van der Waals surface area contributed by atoms with Crippen molar-refractivity contribution in [3.05, 3.63) is 0 Å². The molecular weight excluding hydrogens is 274 g/mol. The molecule has 7 nitrogen and oxygen atoms in total. The summed E-state index contributed by atoms with van der Waals surface area (Å²) in [5.74, 6) is -0.144. The second kappa shape index (κ2) is 5.81. The molecule has 3 N–H and O–H groups in total. The van der Waals surface area contributed by atoms with Crippen LogP contribution >= 0.6 is 0 Å². The van der Waals surface area contributed by atoms with Crippen LogP contribution in [0.3, 0.4) is 0 Å². The molecule has 3 rings (SSSR count). The number of hydrogen-bond donors (Lipinski definition) is 3. The first-order chi connectivity index (χ1) is 10.1. The first kappa shape index (κ1) is 14.6. The fourth-order valence-corrected chi connectivity index (χ4v) is 3.64. The minimum Gasteiger partial charge on any atom is -0.392 e. The van der Waals surface area contributed by atoms with Crippen LogP contribution in [0, 0.1) is 5.41 Å². The Kier molecular flexibility index (Phi) is 4.03. The molecule has 3 aliphatic rings. The summed E-state index contributed by atoms with van der Waals surface area (Å²) >= 11 is 0. The molecule has 21 heavy (non-hydrogen) atoms. The van der Waals surface area contributed by atoms with E-state index in [0.717, 1.165) is 19.3 Å². The highest BCUT2D eigenvalue weighted by Crippen LogP contribution is 2.48. The number of rotatable bonds is 3. The normalized spacial score (nSPS) is 31.5. The van der Waals surface area contributed by atoms with Crippen LogP contribution in [0.4, 0.5) is 4.79 Å². The standard InChI is InChI=1S/C14H23N3O4/c18-11-8-10(14(11)2-6-21-7-3-14)16-12(19)9-17-5-1-4-15-13(17)20/h10-11,18H,1-9H2,(H,15,20)(H,16,19)/t10-,11-/m1/s1. The van der Waals surface area contributed by atoms with E-state index in [0.29, 0.717) is 32.7 Å². The summed E-state index contributed by atoms with van der Waals surface area (Å²) < 4.78 is 5.35. The van der Waals surface area contributed by atoms with Gasteiger partial charge in [0.2, 0.25) is 5.91 Å². The monoisotopic (exact) mass is 297 g/mol. The van der Waals surface area contributed by atoms with E-state index in [4.69, 9.17) is 4.74 Å². The molecule has 2 heterocycles. The predicted molar refractivity (Wildman–Crippen MR) is 74.6 cm³/mol. The van der Waals surface area contributed by atoms with E-state index >= 15 is 0 Å². The quantitative estimate of drug-likeness (QED) is 0.652. The zero-order chi connectivity index (χ0) is 14.9. The lowest BCUT2D eigenvalue weighted by atomic mass is 9.58. The molecule has 0 radical (unpaired) electrons. The number of aliphatic hydroxyl groups is 1. The Morgan fingerprint density at radius 2 is 2.24 bits per heavy atom. The number of nitrogens with zero attached hydrogens (tertiary/aromatic N) is 1. The maximum absolute atomic E-state index is 12.1. The van der Waals surface area contributed by atoms with Crippen molar-refractivity contribution in [2.45, 2.75) is 37.8 Å². The Morgan fingerprint density at radius 3 is 2.90 bits per heavy atom. The zero-order valence-electron chi connectivity index (χ0n) is 12.1. The molecule has 0 aromatic rings. The lowest BCUT2D eigenvalue weighted by Gasteiger charge is -2.55. The molecule has 2 atom stereocenters. The molecule has 0 aromatic carbocycles. The van der Waals surface area contributed by atoms with E-state index in [1.807, 2.05) is 0 Å². The molecular formula is C14H23N3O4. The van der Waals surface area contributed by atoms with Gasteiger partial charge in [0.15, 0.2) is 0 Å². The van der Waals surface area contributed by atoms with Gasteiger partial charge < -0.3 is 25.4 Å². The summed E-state index contributed by atoms with van der Waals surface area (Å²) in [5.41, 5.74) is -0.224. The molecule has 3 amide bonds. The van der Waals surface area contributed by atoms with Crippen LogP contribution in [0.1, 0.15) is 25.7 Å². The van der Waals surface area contributed by atoms with E-state index in [2.05, 4.69) is 10.6 Å². The summed E-state index contributed by atoms with van der Waals surface area (Å²) in [5, 5.41) is 15.8. The molecule has 3 fully saturated rings. The minimum atomic E-state index is -0.356. The van der Waals surface area contributed by atoms with Crippen molar-refractivity contribution in [2.24, 2.45) is 5.41 Å². The maximum Gasteiger partial charge on any atom is 0.317 e. The van der Waals surface area contributed by atoms with E-state index in [9.17, 15) is 14.7 Å². The summed E-state index contributed by atoms with van der Waals surface area (Å²) in [4.78, 5) is 25.3. The number of urea groups is 1. The minimum absolute atomic E-state index is 0.00301. The predicted octanol–water partition coefficient (Wildman–Crippen LogP) is -0.552. The topological polar surface area (TPSA) is 90.9 Å². The Labute approximate surface area is 124 Å². The van der Waals surface area contributed by atoms with Crippen molar-refractivity contribution in [2.75, 3.05) is 32.8 Å². The molecule has 7 heteroatoms. The molecule has 1 aliphatic carbocycles. The van der Waals surface area contributed by atoms with Crippen LogP contribution < -0.4 is 10.6 Å². The van der Waals surface area contributed by atoms with Gasteiger partial charge in [0.05, 0.1) is 6.10 Å². The Morgan fingerprint density at radius 1 is 1.48 bits per heavy atom. The van der Waals surface area contributed by atoms with Gasteiger partial charge in [0, 0.05) is 37.8 Å². The molecule has 2 aliphatic heterocycles. The Balaban J connectivity index is 1.54. The first-order valence-electron chi connectivity index (χ1n) is 7.70. The smallest absolute Gasteiger partial charge is 0.317 e. The number of ether oxygens (including phenoxy) is 1. The van der Waals surface area contributed by atoms with Crippen molar-refractivity contribution >= 4 is 11.9 Å². The molecule has 1 saturated carbocycles. The van der Waals surface area contributed by atoms with Crippen LogP contribution in [0.15, 0.2) is 0 Å². The van der Waals surface area contributed by atoms with E-state index in [1.165, 1.54) is 4.90 Å².